The van der Waals surface area contributed by atoms with Gasteiger partial charge in [0.1, 0.15) is 11.5 Å². The first-order valence-electron chi connectivity index (χ1n) is 13.1. The third-order valence-corrected chi connectivity index (χ3v) is 7.86. The zero-order chi connectivity index (χ0) is 29.4. The quantitative estimate of drug-likeness (QED) is 0.170. The van der Waals surface area contributed by atoms with Crippen molar-refractivity contribution in [3.63, 3.8) is 0 Å². The lowest BCUT2D eigenvalue weighted by atomic mass is 9.86. The van der Waals surface area contributed by atoms with Gasteiger partial charge < -0.3 is 9.64 Å². The molecule has 0 saturated heterocycles. The minimum absolute atomic E-state index is 0.0373. The lowest BCUT2D eigenvalue weighted by Crippen LogP contribution is -2.29. The van der Waals surface area contributed by atoms with Crippen LogP contribution in [0.4, 0.5) is 11.4 Å². The molecule has 0 bridgehead atoms. The van der Waals surface area contributed by atoms with E-state index >= 15 is 0 Å². The second-order valence-corrected chi connectivity index (χ2v) is 13.9. The SMILES string of the molecule is CC(C)(C)C1=CC(C=CCC=Nc2ccccc2)c2ccc(N(CCCS(=O)(=O)O)CCCS(=O)(=O)O)cc2O1. The van der Waals surface area contributed by atoms with Crippen molar-refractivity contribution in [2.45, 2.75) is 46.0 Å². The van der Waals surface area contributed by atoms with Crippen LogP contribution in [0.15, 0.2) is 77.5 Å². The van der Waals surface area contributed by atoms with Crippen LogP contribution in [0, 0.1) is 5.41 Å². The van der Waals surface area contributed by atoms with E-state index in [4.69, 9.17) is 13.8 Å². The standard InChI is InChI=1S/C29H38N2O7S2/c1-29(2,3)28-21-23(11-7-8-16-30-24-12-5-4-6-13-24)26-15-14-25(22-27(26)38-28)31(17-9-19-39(32,33)34)18-10-20-40(35,36)37/h4-7,11-16,21-23H,8-10,17-20H2,1-3H3,(H,32,33,34)(H,35,36,37). The Hall–Kier alpha value is -2.99. The number of benzene rings is 2. The molecular formula is C29H38N2O7S2. The molecule has 0 aliphatic carbocycles. The Balaban J connectivity index is 1.84. The van der Waals surface area contributed by atoms with Crippen molar-refractivity contribution >= 4 is 37.8 Å². The fraction of sp³-hybridized carbons (Fsp3) is 0.414. The molecule has 40 heavy (non-hydrogen) atoms. The minimum atomic E-state index is -4.13. The Morgan fingerprint density at radius 3 is 2.15 bits per heavy atom. The fourth-order valence-electron chi connectivity index (χ4n) is 4.26. The molecule has 0 fully saturated rings. The van der Waals surface area contributed by atoms with Crippen LogP contribution in [0.2, 0.25) is 0 Å². The van der Waals surface area contributed by atoms with E-state index in [0.29, 0.717) is 12.2 Å². The maximum Gasteiger partial charge on any atom is 0.264 e. The van der Waals surface area contributed by atoms with Crippen molar-refractivity contribution in [1.82, 2.24) is 0 Å². The van der Waals surface area contributed by atoms with Crippen LogP contribution in [0.3, 0.4) is 0 Å². The Morgan fingerprint density at radius 2 is 1.57 bits per heavy atom. The van der Waals surface area contributed by atoms with E-state index in [0.717, 1.165) is 22.7 Å². The van der Waals surface area contributed by atoms with Crippen LogP contribution in [0.25, 0.3) is 0 Å². The van der Waals surface area contributed by atoms with E-state index in [1.807, 2.05) is 59.6 Å². The summed E-state index contributed by atoms with van der Waals surface area (Å²) in [6, 6.07) is 15.4. The molecule has 3 rings (SSSR count). The highest BCUT2D eigenvalue weighted by Gasteiger charge is 2.28. The summed E-state index contributed by atoms with van der Waals surface area (Å²) < 4.78 is 69.5. The molecule has 11 heteroatoms. The average molecular weight is 591 g/mol. The number of hydrogen-bond donors (Lipinski definition) is 2. The molecule has 0 radical (unpaired) electrons. The van der Waals surface area contributed by atoms with Gasteiger partial charge in [-0.25, -0.2) is 0 Å². The van der Waals surface area contributed by atoms with E-state index in [1.54, 1.807) is 0 Å². The number of hydrogen-bond acceptors (Lipinski definition) is 7. The molecule has 1 aliphatic heterocycles. The van der Waals surface area contributed by atoms with Gasteiger partial charge in [0.15, 0.2) is 0 Å². The first-order chi connectivity index (χ1) is 18.7. The van der Waals surface area contributed by atoms with Gasteiger partial charge in [0.05, 0.1) is 17.2 Å². The van der Waals surface area contributed by atoms with Crippen molar-refractivity contribution in [1.29, 1.82) is 0 Å². The zero-order valence-corrected chi connectivity index (χ0v) is 24.7. The van der Waals surface area contributed by atoms with Crippen molar-refractivity contribution in [3.8, 4) is 5.75 Å². The van der Waals surface area contributed by atoms with Crippen LogP contribution in [-0.4, -0.2) is 56.8 Å². The first-order valence-corrected chi connectivity index (χ1v) is 16.4. The van der Waals surface area contributed by atoms with Crippen LogP contribution in [0.1, 0.15) is 51.5 Å². The molecule has 2 aromatic rings. The van der Waals surface area contributed by atoms with Gasteiger partial charge in [0.2, 0.25) is 0 Å². The number of allylic oxidation sites excluding steroid dienone is 4. The fourth-order valence-corrected chi connectivity index (χ4v) is 5.24. The van der Waals surface area contributed by atoms with E-state index in [9.17, 15) is 16.8 Å². The number of ether oxygens (including phenoxy) is 1. The van der Waals surface area contributed by atoms with Gasteiger partial charge in [-0.2, -0.15) is 16.8 Å². The predicted octanol–water partition coefficient (Wildman–Crippen LogP) is 5.80. The Labute approximate surface area is 237 Å². The molecule has 1 heterocycles. The topological polar surface area (TPSA) is 134 Å². The summed E-state index contributed by atoms with van der Waals surface area (Å²) in [6.45, 7) is 6.72. The third-order valence-electron chi connectivity index (χ3n) is 6.25. The van der Waals surface area contributed by atoms with Crippen molar-refractivity contribution in [2.24, 2.45) is 10.4 Å². The van der Waals surface area contributed by atoms with Crippen LogP contribution in [-0.2, 0) is 20.2 Å². The van der Waals surface area contributed by atoms with E-state index in [1.165, 1.54) is 0 Å². The van der Waals surface area contributed by atoms with Crippen molar-refractivity contribution in [3.05, 3.63) is 78.1 Å². The third kappa shape index (κ3) is 10.5. The number of anilines is 1. The van der Waals surface area contributed by atoms with Gasteiger partial charge in [-0.3, -0.25) is 14.1 Å². The molecule has 0 saturated carbocycles. The lowest BCUT2D eigenvalue weighted by Gasteiger charge is -2.32. The number of nitrogens with zero attached hydrogens (tertiary/aromatic N) is 2. The van der Waals surface area contributed by atoms with E-state index < -0.39 is 31.7 Å². The van der Waals surface area contributed by atoms with Gasteiger partial charge in [0, 0.05) is 54.4 Å². The Morgan fingerprint density at radius 1 is 0.950 bits per heavy atom. The highest BCUT2D eigenvalue weighted by atomic mass is 32.2. The van der Waals surface area contributed by atoms with E-state index in [2.05, 4.69) is 44.0 Å². The molecule has 1 aliphatic rings. The van der Waals surface area contributed by atoms with Crippen molar-refractivity contribution < 1.29 is 30.7 Å². The summed E-state index contributed by atoms with van der Waals surface area (Å²) in [4.78, 5) is 6.30. The molecule has 0 spiro atoms. The highest BCUT2D eigenvalue weighted by molar-refractivity contribution is 7.86. The highest BCUT2D eigenvalue weighted by Crippen LogP contribution is 2.42. The maximum absolute atomic E-state index is 11.2. The number of para-hydroxylation sites is 1. The summed E-state index contributed by atoms with van der Waals surface area (Å²) in [6.07, 6.45) is 9.09. The molecule has 2 N–H and O–H groups in total. The van der Waals surface area contributed by atoms with E-state index in [-0.39, 0.29) is 37.3 Å². The molecule has 0 amide bonds. The molecule has 9 nitrogen and oxygen atoms in total. The molecule has 218 valence electrons. The molecule has 2 aromatic carbocycles. The first kappa shape index (κ1) is 31.5. The van der Waals surface area contributed by atoms with Crippen LogP contribution < -0.4 is 9.64 Å². The van der Waals surface area contributed by atoms with Gasteiger partial charge in [-0.1, -0.05) is 57.2 Å². The van der Waals surface area contributed by atoms with Crippen LogP contribution >= 0.6 is 0 Å². The second kappa shape index (κ2) is 13.6. The monoisotopic (exact) mass is 590 g/mol. The summed E-state index contributed by atoms with van der Waals surface area (Å²) in [7, 11) is -8.26. The smallest absolute Gasteiger partial charge is 0.264 e. The number of aliphatic imine (C=N–C) groups is 1. The molecule has 1 atom stereocenters. The number of rotatable bonds is 13. The minimum Gasteiger partial charge on any atom is -0.461 e. The summed E-state index contributed by atoms with van der Waals surface area (Å²) in [5.41, 5.74) is 2.33. The maximum atomic E-state index is 11.2. The normalized spacial score (nSPS) is 16.1. The molecule has 1 unspecified atom stereocenters. The summed E-state index contributed by atoms with van der Waals surface area (Å²) in [5.74, 6) is 0.604. The number of fused-ring (bicyclic) bond motifs is 1. The molecular weight excluding hydrogens is 552 g/mol. The molecule has 0 aromatic heterocycles. The predicted molar refractivity (Wildman–Crippen MR) is 160 cm³/mol. The van der Waals surface area contributed by atoms with Gasteiger partial charge in [-0.15, -0.1) is 0 Å². The average Bonchev–Trinajstić information content (AvgIpc) is 2.85. The Kier molecular flexibility index (Phi) is 10.7. The lowest BCUT2D eigenvalue weighted by molar-refractivity contribution is 0.282. The van der Waals surface area contributed by atoms with Gasteiger partial charge in [-0.05, 0) is 37.1 Å². The Bertz CT molecular complexity index is 1400. The second-order valence-electron chi connectivity index (χ2n) is 10.7. The van der Waals surface area contributed by atoms with Gasteiger partial charge >= 0.3 is 0 Å². The largest absolute Gasteiger partial charge is 0.461 e. The zero-order valence-electron chi connectivity index (χ0n) is 23.1. The summed E-state index contributed by atoms with van der Waals surface area (Å²) in [5, 5.41) is 0. The summed E-state index contributed by atoms with van der Waals surface area (Å²) >= 11 is 0. The van der Waals surface area contributed by atoms with Gasteiger partial charge in [0.25, 0.3) is 20.2 Å². The van der Waals surface area contributed by atoms with Crippen LogP contribution in [0.5, 0.6) is 5.75 Å². The van der Waals surface area contributed by atoms with Crippen molar-refractivity contribution in [2.75, 3.05) is 29.5 Å².